The number of rotatable bonds is 6. The first-order valence-corrected chi connectivity index (χ1v) is 7.28. The van der Waals surface area contributed by atoms with Gasteiger partial charge in [-0.25, -0.2) is 4.79 Å². The van der Waals surface area contributed by atoms with Gasteiger partial charge in [0.05, 0.1) is 0 Å². The first kappa shape index (κ1) is 16.0. The molecule has 1 N–H and O–H groups in total. The van der Waals surface area contributed by atoms with Crippen LogP contribution in [0.1, 0.15) is 30.7 Å². The van der Waals surface area contributed by atoms with Crippen LogP contribution in [0.2, 0.25) is 0 Å². The molecule has 22 heavy (non-hydrogen) atoms. The first-order valence-electron chi connectivity index (χ1n) is 7.28. The Kier molecular flexibility index (Phi) is 5.16. The lowest BCUT2D eigenvalue weighted by molar-refractivity contribution is 0.0698. The average Bonchev–Trinajstić information content (AvgIpc) is 2.55. The van der Waals surface area contributed by atoms with Crippen molar-refractivity contribution in [1.82, 2.24) is 9.30 Å². The Morgan fingerprint density at radius 2 is 1.82 bits per heavy atom. The topological polar surface area (TPSA) is 73.5 Å². The molecule has 6 heteroatoms. The Morgan fingerprint density at radius 3 is 2.41 bits per heavy atom. The van der Waals surface area contributed by atoms with E-state index in [2.05, 4.69) is 0 Å². The molecule has 0 aliphatic heterocycles. The van der Waals surface area contributed by atoms with Gasteiger partial charge >= 0.3 is 5.69 Å². The lowest BCUT2D eigenvalue weighted by Crippen LogP contribution is -2.43. The molecule has 1 heterocycles. The molecule has 0 amide bonds. The minimum absolute atomic E-state index is 0.0150. The average molecular weight is 304 g/mol. The van der Waals surface area contributed by atoms with Crippen LogP contribution in [-0.4, -0.2) is 21.1 Å². The van der Waals surface area contributed by atoms with Gasteiger partial charge in [0.25, 0.3) is 5.56 Å². The summed E-state index contributed by atoms with van der Waals surface area (Å²) in [7, 11) is 0. The predicted octanol–water partition coefficient (Wildman–Crippen LogP) is 1.39. The monoisotopic (exact) mass is 304 g/mol. The predicted molar refractivity (Wildman–Crippen MR) is 82.4 cm³/mol. The van der Waals surface area contributed by atoms with Crippen LogP contribution in [0.15, 0.2) is 39.9 Å². The van der Waals surface area contributed by atoms with Crippen molar-refractivity contribution in [3.8, 4) is 0 Å². The maximum atomic E-state index is 12.3. The molecular formula is C16H20N2O4. The lowest BCUT2D eigenvalue weighted by atomic mass is 10.0. The molecule has 0 atom stereocenters. The van der Waals surface area contributed by atoms with E-state index in [0.717, 1.165) is 5.56 Å². The van der Waals surface area contributed by atoms with Gasteiger partial charge in [0.15, 0.2) is 0 Å². The van der Waals surface area contributed by atoms with Gasteiger partial charge in [-0.05, 0) is 18.9 Å². The van der Waals surface area contributed by atoms with Gasteiger partial charge in [-0.15, -0.1) is 0 Å². The highest BCUT2D eigenvalue weighted by atomic mass is 16.5. The quantitative estimate of drug-likeness (QED) is 0.819. The fraction of sp³-hybridized carbons (Fsp3) is 0.375. The number of ether oxygens (including phenoxy) is 1. The molecule has 2 rings (SSSR count). The van der Waals surface area contributed by atoms with Crippen LogP contribution in [-0.2, 0) is 24.3 Å². The second-order valence-electron chi connectivity index (χ2n) is 4.89. The molecule has 0 bridgehead atoms. The van der Waals surface area contributed by atoms with Crippen molar-refractivity contribution in [2.45, 2.75) is 33.4 Å². The summed E-state index contributed by atoms with van der Waals surface area (Å²) in [5.41, 5.74) is 0.509. The van der Waals surface area contributed by atoms with E-state index in [1.165, 1.54) is 4.57 Å². The van der Waals surface area contributed by atoms with Gasteiger partial charge in [-0.1, -0.05) is 42.0 Å². The number of benzene rings is 1. The van der Waals surface area contributed by atoms with E-state index in [4.69, 9.17) is 4.74 Å². The standard InChI is InChI=1S/C16H20N2O4/c1-3-14-13(10-12-8-6-5-7-9-12)15(19)18(21)16(20)17(14)11-22-4-2/h5-9,21H,3-4,10-11H2,1-2H3. The third-order valence-electron chi connectivity index (χ3n) is 3.52. The summed E-state index contributed by atoms with van der Waals surface area (Å²) in [6.07, 6.45) is 0.858. The third-order valence-corrected chi connectivity index (χ3v) is 3.52. The number of hydrogen-bond donors (Lipinski definition) is 1. The summed E-state index contributed by atoms with van der Waals surface area (Å²) in [6.45, 7) is 4.14. The van der Waals surface area contributed by atoms with E-state index >= 15 is 0 Å². The molecule has 0 saturated carbocycles. The number of aromatic nitrogens is 2. The summed E-state index contributed by atoms with van der Waals surface area (Å²) >= 11 is 0. The van der Waals surface area contributed by atoms with Crippen molar-refractivity contribution < 1.29 is 9.94 Å². The Bertz CT molecular complexity index is 747. The van der Waals surface area contributed by atoms with E-state index in [1.807, 2.05) is 44.2 Å². The zero-order chi connectivity index (χ0) is 16.1. The molecule has 1 aromatic heterocycles. The van der Waals surface area contributed by atoms with Crippen molar-refractivity contribution in [3.63, 3.8) is 0 Å². The van der Waals surface area contributed by atoms with E-state index in [0.29, 0.717) is 30.7 Å². The summed E-state index contributed by atoms with van der Waals surface area (Å²) in [5.74, 6) is 0. The fourth-order valence-electron chi connectivity index (χ4n) is 2.43. The maximum Gasteiger partial charge on any atom is 0.366 e. The summed E-state index contributed by atoms with van der Waals surface area (Å²) in [4.78, 5) is 24.3. The molecule has 118 valence electrons. The number of hydrogen-bond acceptors (Lipinski definition) is 4. The Labute approximate surface area is 128 Å². The highest BCUT2D eigenvalue weighted by Gasteiger charge is 2.18. The second-order valence-corrected chi connectivity index (χ2v) is 4.89. The van der Waals surface area contributed by atoms with E-state index in [-0.39, 0.29) is 11.5 Å². The van der Waals surface area contributed by atoms with Crippen LogP contribution in [0, 0.1) is 0 Å². The molecule has 0 saturated heterocycles. The Balaban J connectivity index is 2.59. The van der Waals surface area contributed by atoms with Crippen molar-refractivity contribution in [2.24, 2.45) is 0 Å². The molecule has 0 aliphatic rings. The molecule has 0 fully saturated rings. The molecule has 0 radical (unpaired) electrons. The van der Waals surface area contributed by atoms with Crippen LogP contribution in [0.25, 0.3) is 0 Å². The number of nitrogens with zero attached hydrogens (tertiary/aromatic N) is 2. The third kappa shape index (κ3) is 3.12. The van der Waals surface area contributed by atoms with Crippen LogP contribution in [0.3, 0.4) is 0 Å². The van der Waals surface area contributed by atoms with E-state index in [1.54, 1.807) is 0 Å². The molecule has 1 aromatic carbocycles. The van der Waals surface area contributed by atoms with Gasteiger partial charge in [0.1, 0.15) is 6.73 Å². The van der Waals surface area contributed by atoms with Crippen molar-refractivity contribution >= 4 is 0 Å². The summed E-state index contributed by atoms with van der Waals surface area (Å²) < 4.78 is 6.75. The molecule has 0 unspecified atom stereocenters. The highest BCUT2D eigenvalue weighted by Crippen LogP contribution is 2.11. The molecule has 0 spiro atoms. The van der Waals surface area contributed by atoms with Crippen LogP contribution in [0.4, 0.5) is 0 Å². The minimum atomic E-state index is -0.771. The maximum absolute atomic E-state index is 12.3. The van der Waals surface area contributed by atoms with Crippen molar-refractivity contribution in [2.75, 3.05) is 6.61 Å². The molecular weight excluding hydrogens is 284 g/mol. The van der Waals surface area contributed by atoms with Crippen molar-refractivity contribution in [1.29, 1.82) is 0 Å². The summed E-state index contributed by atoms with van der Waals surface area (Å²) in [5, 5.41) is 9.78. The van der Waals surface area contributed by atoms with E-state index in [9.17, 15) is 14.8 Å². The molecule has 2 aromatic rings. The zero-order valence-corrected chi connectivity index (χ0v) is 12.8. The Hall–Kier alpha value is -2.34. The smallest absolute Gasteiger partial charge is 0.366 e. The fourth-order valence-corrected chi connectivity index (χ4v) is 2.43. The normalized spacial score (nSPS) is 10.8. The zero-order valence-electron chi connectivity index (χ0n) is 12.8. The van der Waals surface area contributed by atoms with Crippen LogP contribution >= 0.6 is 0 Å². The molecule has 6 nitrogen and oxygen atoms in total. The largest absolute Gasteiger partial charge is 0.421 e. The van der Waals surface area contributed by atoms with E-state index < -0.39 is 11.2 Å². The van der Waals surface area contributed by atoms with Gasteiger partial charge in [-0.2, -0.15) is 0 Å². The minimum Gasteiger partial charge on any atom is -0.421 e. The SMILES string of the molecule is CCOCn1c(CC)c(Cc2ccccc2)c(=O)n(O)c1=O. The lowest BCUT2D eigenvalue weighted by Gasteiger charge is -2.16. The first-order chi connectivity index (χ1) is 10.6. The van der Waals surface area contributed by atoms with Crippen LogP contribution in [0.5, 0.6) is 0 Å². The van der Waals surface area contributed by atoms with Gasteiger partial charge < -0.3 is 9.94 Å². The van der Waals surface area contributed by atoms with Crippen LogP contribution < -0.4 is 11.2 Å². The van der Waals surface area contributed by atoms with Gasteiger partial charge in [0.2, 0.25) is 0 Å². The highest BCUT2D eigenvalue weighted by molar-refractivity contribution is 5.27. The second kappa shape index (κ2) is 7.09. The summed E-state index contributed by atoms with van der Waals surface area (Å²) in [6, 6.07) is 9.46. The Morgan fingerprint density at radius 1 is 1.14 bits per heavy atom. The molecule has 0 aliphatic carbocycles. The van der Waals surface area contributed by atoms with Gasteiger partial charge in [0, 0.05) is 24.3 Å². The van der Waals surface area contributed by atoms with Gasteiger partial charge in [-0.3, -0.25) is 9.36 Å². The van der Waals surface area contributed by atoms with Crippen molar-refractivity contribution in [3.05, 3.63) is 68.0 Å².